The Balaban J connectivity index is 1.77. The second-order valence-electron chi connectivity index (χ2n) is 7.85. The molecule has 0 saturated carbocycles. The Bertz CT molecular complexity index is 1090. The summed E-state index contributed by atoms with van der Waals surface area (Å²) in [7, 11) is 0. The van der Waals surface area contributed by atoms with Crippen LogP contribution in [0.5, 0.6) is 0 Å². The van der Waals surface area contributed by atoms with Crippen molar-refractivity contribution in [1.82, 2.24) is 15.2 Å². The van der Waals surface area contributed by atoms with Crippen molar-refractivity contribution in [1.29, 1.82) is 5.26 Å². The lowest BCUT2D eigenvalue weighted by Gasteiger charge is -2.30. The summed E-state index contributed by atoms with van der Waals surface area (Å²) in [5.41, 5.74) is 2.10. The quantitative estimate of drug-likeness (QED) is 0.569. The molecule has 162 valence electrons. The third-order valence-electron chi connectivity index (χ3n) is 5.69. The van der Waals surface area contributed by atoms with Gasteiger partial charge in [0.15, 0.2) is 0 Å². The second kappa shape index (κ2) is 8.91. The van der Waals surface area contributed by atoms with Crippen LogP contribution in [0.1, 0.15) is 35.6 Å². The standard InChI is InChI=1S/C23H22ClF3N4/c24-17-4-1-15(2-5-17)13-31-14-20(19-6-3-16(12-28)11-21(19)31)22(23(25,26)27)30-18-7-9-29-10-8-18/h1-6,11,14,18,22,29-30H,7-10,13H2. The van der Waals surface area contributed by atoms with Gasteiger partial charge in [-0.15, -0.1) is 0 Å². The van der Waals surface area contributed by atoms with Crippen LogP contribution in [0.15, 0.2) is 48.7 Å². The van der Waals surface area contributed by atoms with Crippen molar-refractivity contribution in [3.63, 3.8) is 0 Å². The van der Waals surface area contributed by atoms with Gasteiger partial charge in [-0.1, -0.05) is 29.8 Å². The number of hydrogen-bond donors (Lipinski definition) is 2. The molecule has 4 rings (SSSR count). The molecule has 3 aromatic rings. The van der Waals surface area contributed by atoms with Crippen LogP contribution in [0, 0.1) is 11.3 Å². The minimum atomic E-state index is -4.45. The first kappa shape index (κ1) is 21.7. The topological polar surface area (TPSA) is 52.8 Å². The van der Waals surface area contributed by atoms with Gasteiger partial charge < -0.3 is 9.88 Å². The number of benzene rings is 2. The Kier molecular flexibility index (Phi) is 6.24. The molecule has 0 spiro atoms. The van der Waals surface area contributed by atoms with E-state index in [4.69, 9.17) is 11.6 Å². The van der Waals surface area contributed by atoms with Gasteiger partial charge in [0.05, 0.1) is 11.6 Å². The molecule has 0 amide bonds. The van der Waals surface area contributed by atoms with E-state index < -0.39 is 12.2 Å². The number of alkyl halides is 3. The highest BCUT2D eigenvalue weighted by Gasteiger charge is 2.43. The number of nitriles is 1. The minimum Gasteiger partial charge on any atom is -0.343 e. The summed E-state index contributed by atoms with van der Waals surface area (Å²) in [6.45, 7) is 1.78. The van der Waals surface area contributed by atoms with Gasteiger partial charge in [0.25, 0.3) is 0 Å². The first-order valence-corrected chi connectivity index (χ1v) is 10.5. The molecule has 31 heavy (non-hydrogen) atoms. The Labute approximate surface area is 183 Å². The highest BCUT2D eigenvalue weighted by Crippen LogP contribution is 2.38. The lowest BCUT2D eigenvalue weighted by atomic mass is 10.0. The molecule has 1 aliphatic rings. The third-order valence-corrected chi connectivity index (χ3v) is 5.94. The monoisotopic (exact) mass is 446 g/mol. The van der Waals surface area contributed by atoms with E-state index in [1.165, 1.54) is 0 Å². The Morgan fingerprint density at radius 1 is 1.16 bits per heavy atom. The predicted molar refractivity (Wildman–Crippen MR) is 115 cm³/mol. The zero-order valence-electron chi connectivity index (χ0n) is 16.7. The number of nitrogens with one attached hydrogen (secondary N) is 2. The molecule has 1 saturated heterocycles. The Morgan fingerprint density at radius 3 is 2.52 bits per heavy atom. The van der Waals surface area contributed by atoms with Gasteiger partial charge in [-0.05, 0) is 55.8 Å². The van der Waals surface area contributed by atoms with Crippen LogP contribution in [-0.4, -0.2) is 29.9 Å². The number of rotatable bonds is 5. The van der Waals surface area contributed by atoms with Crippen LogP contribution < -0.4 is 10.6 Å². The maximum absolute atomic E-state index is 14.2. The molecule has 1 fully saturated rings. The summed E-state index contributed by atoms with van der Waals surface area (Å²) in [6, 6.07) is 12.1. The number of hydrogen-bond acceptors (Lipinski definition) is 3. The summed E-state index contributed by atoms with van der Waals surface area (Å²) in [5.74, 6) is 0. The summed E-state index contributed by atoms with van der Waals surface area (Å²) in [5, 5.41) is 16.4. The normalized spacial score (nSPS) is 16.4. The minimum absolute atomic E-state index is 0.180. The molecule has 2 N–H and O–H groups in total. The summed E-state index contributed by atoms with van der Waals surface area (Å²) < 4.78 is 44.3. The lowest BCUT2D eigenvalue weighted by Crippen LogP contribution is -2.45. The average molecular weight is 447 g/mol. The molecule has 8 heteroatoms. The van der Waals surface area contributed by atoms with Gasteiger partial charge in [-0.2, -0.15) is 18.4 Å². The molecule has 1 aromatic heterocycles. The van der Waals surface area contributed by atoms with Gasteiger partial charge in [0, 0.05) is 40.3 Å². The SMILES string of the molecule is N#Cc1ccc2c(C(NC3CCNCC3)C(F)(F)F)cn(Cc3ccc(Cl)cc3)c2c1. The fourth-order valence-corrected chi connectivity index (χ4v) is 4.25. The molecular formula is C23H22ClF3N4. The van der Waals surface area contributed by atoms with Gasteiger partial charge in [-0.3, -0.25) is 5.32 Å². The van der Waals surface area contributed by atoms with E-state index >= 15 is 0 Å². The molecule has 0 bridgehead atoms. The van der Waals surface area contributed by atoms with Crippen molar-refractivity contribution in [2.75, 3.05) is 13.1 Å². The second-order valence-corrected chi connectivity index (χ2v) is 8.28. The molecular weight excluding hydrogens is 425 g/mol. The first-order chi connectivity index (χ1) is 14.8. The number of piperidine rings is 1. The van der Waals surface area contributed by atoms with Gasteiger partial charge in [0.1, 0.15) is 6.04 Å². The van der Waals surface area contributed by atoms with Crippen LogP contribution in [-0.2, 0) is 6.54 Å². The zero-order valence-corrected chi connectivity index (χ0v) is 17.5. The molecule has 0 radical (unpaired) electrons. The Morgan fingerprint density at radius 2 is 1.87 bits per heavy atom. The first-order valence-electron chi connectivity index (χ1n) is 10.2. The van der Waals surface area contributed by atoms with Gasteiger partial charge >= 0.3 is 6.18 Å². The van der Waals surface area contributed by atoms with Gasteiger partial charge in [-0.25, -0.2) is 0 Å². The Hall–Kier alpha value is -2.53. The van der Waals surface area contributed by atoms with Crippen LogP contribution >= 0.6 is 11.6 Å². The largest absolute Gasteiger partial charge is 0.407 e. The number of nitrogens with zero attached hydrogens (tertiary/aromatic N) is 2. The average Bonchev–Trinajstić information content (AvgIpc) is 3.10. The fraction of sp³-hybridized carbons (Fsp3) is 0.348. The van der Waals surface area contributed by atoms with Gasteiger partial charge in [0.2, 0.25) is 0 Å². The zero-order chi connectivity index (χ0) is 22.0. The highest BCUT2D eigenvalue weighted by atomic mass is 35.5. The molecule has 4 nitrogen and oxygen atoms in total. The number of aromatic nitrogens is 1. The van der Waals surface area contributed by atoms with Crippen LogP contribution in [0.2, 0.25) is 5.02 Å². The van der Waals surface area contributed by atoms with Crippen molar-refractivity contribution in [3.05, 3.63) is 70.4 Å². The maximum Gasteiger partial charge on any atom is 0.407 e. The van der Waals surface area contributed by atoms with Crippen molar-refractivity contribution in [3.8, 4) is 6.07 Å². The smallest absolute Gasteiger partial charge is 0.343 e. The van der Waals surface area contributed by atoms with Crippen molar-refractivity contribution >= 4 is 22.5 Å². The van der Waals surface area contributed by atoms with E-state index in [1.807, 2.05) is 12.1 Å². The molecule has 2 aromatic carbocycles. The van der Waals surface area contributed by atoms with Crippen molar-refractivity contribution in [2.24, 2.45) is 0 Å². The van der Waals surface area contributed by atoms with E-state index in [0.29, 0.717) is 54.0 Å². The van der Waals surface area contributed by atoms with Crippen molar-refractivity contribution < 1.29 is 13.2 Å². The molecule has 0 aliphatic carbocycles. The maximum atomic E-state index is 14.2. The number of halogens is 4. The van der Waals surface area contributed by atoms with Crippen molar-refractivity contribution in [2.45, 2.75) is 37.6 Å². The third kappa shape index (κ3) is 4.87. The fourth-order valence-electron chi connectivity index (χ4n) is 4.12. The predicted octanol–water partition coefficient (Wildman–Crippen LogP) is 5.16. The van der Waals surface area contributed by atoms with Crippen LogP contribution in [0.3, 0.4) is 0 Å². The lowest BCUT2D eigenvalue weighted by molar-refractivity contribution is -0.159. The summed E-state index contributed by atoms with van der Waals surface area (Å²) >= 11 is 5.96. The van der Waals surface area contributed by atoms with Crippen LogP contribution in [0.4, 0.5) is 13.2 Å². The van der Waals surface area contributed by atoms with E-state index in [1.54, 1.807) is 41.1 Å². The van der Waals surface area contributed by atoms with E-state index in [-0.39, 0.29) is 11.6 Å². The number of fused-ring (bicyclic) bond motifs is 1. The molecule has 2 heterocycles. The van der Waals surface area contributed by atoms with E-state index in [2.05, 4.69) is 16.7 Å². The molecule has 1 aliphatic heterocycles. The van der Waals surface area contributed by atoms with Crippen LogP contribution in [0.25, 0.3) is 10.9 Å². The molecule has 1 atom stereocenters. The molecule has 1 unspecified atom stereocenters. The van der Waals surface area contributed by atoms with E-state index in [0.717, 1.165) is 5.56 Å². The summed E-state index contributed by atoms with van der Waals surface area (Å²) in [4.78, 5) is 0. The highest BCUT2D eigenvalue weighted by molar-refractivity contribution is 6.30. The van der Waals surface area contributed by atoms with E-state index in [9.17, 15) is 18.4 Å². The summed E-state index contributed by atoms with van der Waals surface area (Å²) in [6.07, 6.45) is -1.59.